The lowest BCUT2D eigenvalue weighted by molar-refractivity contribution is 0.223. The van der Waals surface area contributed by atoms with Crippen molar-refractivity contribution in [1.82, 2.24) is 9.34 Å². The van der Waals surface area contributed by atoms with Crippen LogP contribution in [0.3, 0.4) is 0 Å². The van der Waals surface area contributed by atoms with E-state index in [0.717, 1.165) is 0 Å². The molecule has 0 bridgehead atoms. The number of benzene rings is 2. The molecule has 0 amide bonds. The van der Waals surface area contributed by atoms with Gasteiger partial charge in [0.1, 0.15) is 0 Å². The molecular formula is C20H27N2OP. The van der Waals surface area contributed by atoms with Gasteiger partial charge in [-0.1, -0.05) is 49.2 Å². The summed E-state index contributed by atoms with van der Waals surface area (Å²) in [5.41, 5.74) is 1.27. The van der Waals surface area contributed by atoms with Crippen molar-refractivity contribution < 1.29 is 4.52 Å². The van der Waals surface area contributed by atoms with E-state index in [-0.39, 0.29) is 6.10 Å². The summed E-state index contributed by atoms with van der Waals surface area (Å²) in [6.45, 7) is 2.19. The molecule has 1 aliphatic heterocycles. The fourth-order valence-electron chi connectivity index (χ4n) is 4.25. The van der Waals surface area contributed by atoms with Gasteiger partial charge in [-0.2, -0.15) is 0 Å². The summed E-state index contributed by atoms with van der Waals surface area (Å²) in [6, 6.07) is 16.6. The molecule has 0 aromatic heterocycles. The first-order valence-electron chi connectivity index (χ1n) is 9.06. The molecule has 3 nitrogen and oxygen atoms in total. The molecule has 24 heavy (non-hydrogen) atoms. The number of likely N-dealkylation sites (N-methyl/N-ethyl adjacent to an activating group) is 2. The van der Waals surface area contributed by atoms with Gasteiger partial charge in [0.05, 0.1) is 6.10 Å². The molecule has 4 heteroatoms. The quantitative estimate of drug-likeness (QED) is 0.701. The monoisotopic (exact) mass is 342 g/mol. The third-order valence-corrected chi connectivity index (χ3v) is 7.87. The van der Waals surface area contributed by atoms with Crippen molar-refractivity contribution >= 4 is 19.2 Å². The summed E-state index contributed by atoms with van der Waals surface area (Å²) in [5, 5.41) is 2.58. The Morgan fingerprint density at radius 1 is 0.958 bits per heavy atom. The topological polar surface area (TPSA) is 15.7 Å². The van der Waals surface area contributed by atoms with E-state index in [1.54, 1.807) is 0 Å². The van der Waals surface area contributed by atoms with Crippen molar-refractivity contribution in [1.29, 1.82) is 0 Å². The predicted molar refractivity (Wildman–Crippen MR) is 102 cm³/mol. The van der Waals surface area contributed by atoms with E-state index in [2.05, 4.69) is 72.8 Å². The fourth-order valence-corrected chi connectivity index (χ4v) is 6.44. The molecule has 2 aromatic rings. The van der Waals surface area contributed by atoms with Crippen molar-refractivity contribution in [2.75, 3.05) is 14.1 Å². The second-order valence-corrected chi connectivity index (χ2v) is 9.15. The van der Waals surface area contributed by atoms with Crippen LogP contribution < -0.4 is 0 Å². The van der Waals surface area contributed by atoms with E-state index in [1.165, 1.54) is 42.0 Å². The number of fused-ring (bicyclic) bond motifs is 2. The summed E-state index contributed by atoms with van der Waals surface area (Å²) in [6.07, 6.45) is 5.48. The molecule has 0 spiro atoms. The van der Waals surface area contributed by atoms with E-state index in [0.29, 0.717) is 12.1 Å². The van der Waals surface area contributed by atoms with Crippen molar-refractivity contribution in [3.05, 3.63) is 48.0 Å². The van der Waals surface area contributed by atoms with Gasteiger partial charge in [0, 0.05) is 12.1 Å². The summed E-state index contributed by atoms with van der Waals surface area (Å²) in [7, 11) is 3.85. The van der Waals surface area contributed by atoms with Crippen molar-refractivity contribution in [3.8, 4) is 0 Å². The lowest BCUT2D eigenvalue weighted by Crippen LogP contribution is -2.37. The van der Waals surface area contributed by atoms with E-state index in [4.69, 9.17) is 4.52 Å². The highest BCUT2D eigenvalue weighted by Crippen LogP contribution is 2.57. The van der Waals surface area contributed by atoms with Gasteiger partial charge in [0.15, 0.2) is 8.45 Å². The minimum absolute atomic E-state index is 0.116. The minimum Gasteiger partial charge on any atom is -0.323 e. The summed E-state index contributed by atoms with van der Waals surface area (Å²) >= 11 is 0. The normalized spacial score (nSPS) is 27.5. The SMILES string of the molecule is C[C@H](OP1N(C)[C@@H]2CCCC[C@H]2N1C)c1ccc2ccccc2c1. The Bertz CT molecular complexity index is 704. The molecule has 2 fully saturated rings. The highest BCUT2D eigenvalue weighted by atomic mass is 31.2. The van der Waals surface area contributed by atoms with Gasteiger partial charge < -0.3 is 4.52 Å². The van der Waals surface area contributed by atoms with Gasteiger partial charge in [-0.15, -0.1) is 0 Å². The van der Waals surface area contributed by atoms with Crippen LogP contribution in [0, 0.1) is 0 Å². The molecule has 0 radical (unpaired) electrons. The second-order valence-electron chi connectivity index (χ2n) is 7.17. The predicted octanol–water partition coefficient (Wildman–Crippen LogP) is 5.33. The third-order valence-electron chi connectivity index (χ3n) is 5.69. The van der Waals surface area contributed by atoms with E-state index < -0.39 is 8.45 Å². The first-order valence-corrected chi connectivity index (χ1v) is 10.2. The molecule has 2 aliphatic rings. The lowest BCUT2D eigenvalue weighted by Gasteiger charge is -2.28. The van der Waals surface area contributed by atoms with Gasteiger partial charge in [-0.25, -0.2) is 9.34 Å². The fraction of sp³-hybridized carbons (Fsp3) is 0.500. The Labute approximate surface area is 146 Å². The van der Waals surface area contributed by atoms with Crippen LogP contribution in [0.2, 0.25) is 0 Å². The highest BCUT2D eigenvalue weighted by Gasteiger charge is 2.46. The van der Waals surface area contributed by atoms with Gasteiger partial charge in [-0.3, -0.25) is 0 Å². The zero-order valence-corrected chi connectivity index (χ0v) is 15.7. The zero-order chi connectivity index (χ0) is 16.7. The first-order chi connectivity index (χ1) is 11.6. The van der Waals surface area contributed by atoms with Crippen LogP contribution in [-0.2, 0) is 4.52 Å². The van der Waals surface area contributed by atoms with Crippen molar-refractivity contribution in [2.45, 2.75) is 50.8 Å². The molecule has 0 unspecified atom stereocenters. The second kappa shape index (κ2) is 6.72. The Kier molecular flexibility index (Phi) is 4.62. The van der Waals surface area contributed by atoms with Gasteiger partial charge >= 0.3 is 0 Å². The average molecular weight is 342 g/mol. The third kappa shape index (κ3) is 2.88. The van der Waals surface area contributed by atoms with Crippen LogP contribution in [0.25, 0.3) is 10.8 Å². The van der Waals surface area contributed by atoms with Crippen molar-refractivity contribution in [2.24, 2.45) is 0 Å². The molecule has 1 saturated carbocycles. The van der Waals surface area contributed by atoms with Gasteiger partial charge in [0.25, 0.3) is 0 Å². The maximum Gasteiger partial charge on any atom is 0.188 e. The van der Waals surface area contributed by atoms with Crippen LogP contribution in [-0.4, -0.2) is 35.5 Å². The molecule has 1 aliphatic carbocycles. The largest absolute Gasteiger partial charge is 0.323 e. The van der Waals surface area contributed by atoms with Crippen LogP contribution in [0.15, 0.2) is 42.5 Å². The Balaban J connectivity index is 1.53. The molecule has 0 N–H and O–H groups in total. The smallest absolute Gasteiger partial charge is 0.188 e. The Morgan fingerprint density at radius 3 is 2.25 bits per heavy atom. The standard InChI is InChI=1S/C20H27N2OP/c1-15(17-13-12-16-8-4-5-9-18(16)14-17)23-24-21(2)19-10-6-7-11-20(19)22(24)3/h4-5,8-9,12-15,19-20H,6-7,10-11H2,1-3H3/t15-,19+,20+/m0/s1. The summed E-state index contributed by atoms with van der Waals surface area (Å²) < 4.78 is 11.6. The number of nitrogens with zero attached hydrogens (tertiary/aromatic N) is 2. The maximum absolute atomic E-state index is 6.58. The van der Waals surface area contributed by atoms with Crippen molar-refractivity contribution in [3.63, 3.8) is 0 Å². The number of hydrogen-bond donors (Lipinski definition) is 0. The van der Waals surface area contributed by atoms with Gasteiger partial charge in [0.2, 0.25) is 0 Å². The number of rotatable bonds is 3. The molecule has 3 atom stereocenters. The average Bonchev–Trinajstić information content (AvgIpc) is 2.86. The van der Waals surface area contributed by atoms with Crippen LogP contribution in [0.1, 0.15) is 44.3 Å². The maximum atomic E-state index is 6.58. The minimum atomic E-state index is -0.657. The van der Waals surface area contributed by atoms with Crippen LogP contribution in [0.5, 0.6) is 0 Å². The van der Waals surface area contributed by atoms with Crippen LogP contribution >= 0.6 is 8.45 Å². The van der Waals surface area contributed by atoms with E-state index in [1.807, 2.05) is 0 Å². The van der Waals surface area contributed by atoms with E-state index >= 15 is 0 Å². The zero-order valence-electron chi connectivity index (χ0n) is 14.9. The number of hydrogen-bond acceptors (Lipinski definition) is 3. The lowest BCUT2D eigenvalue weighted by atomic mass is 9.91. The Hall–Kier alpha value is -0.990. The molecule has 1 saturated heterocycles. The molecule has 4 rings (SSSR count). The Morgan fingerprint density at radius 2 is 1.58 bits per heavy atom. The molecule has 2 aromatic carbocycles. The summed E-state index contributed by atoms with van der Waals surface area (Å²) in [5.74, 6) is 0. The molecule has 128 valence electrons. The van der Waals surface area contributed by atoms with Gasteiger partial charge in [-0.05, 0) is 56.3 Å². The highest BCUT2D eigenvalue weighted by molar-refractivity contribution is 7.47. The molecular weight excluding hydrogens is 315 g/mol. The summed E-state index contributed by atoms with van der Waals surface area (Å²) in [4.78, 5) is 0. The molecule has 1 heterocycles. The van der Waals surface area contributed by atoms with E-state index in [9.17, 15) is 0 Å². The first kappa shape index (κ1) is 16.5. The van der Waals surface area contributed by atoms with Crippen LogP contribution in [0.4, 0.5) is 0 Å².